The summed E-state index contributed by atoms with van der Waals surface area (Å²) in [5.41, 5.74) is 12.4. The van der Waals surface area contributed by atoms with Crippen molar-refractivity contribution in [3.63, 3.8) is 0 Å². The molecule has 4 aliphatic heterocycles. The van der Waals surface area contributed by atoms with Crippen molar-refractivity contribution in [2.45, 2.75) is 115 Å². The molecule has 0 spiro atoms. The Morgan fingerprint density at radius 1 is 0.551 bits per heavy atom. The van der Waals surface area contributed by atoms with Crippen LogP contribution in [0.4, 0.5) is 0 Å². The van der Waals surface area contributed by atoms with Gasteiger partial charge in [0, 0.05) is 109 Å². The predicted molar refractivity (Wildman–Crippen MR) is 346 cm³/mol. The average molecular weight is 1260 g/mol. The number of carbonyl (C=O) groups is 4. The Balaban J connectivity index is 0.000000183. The molecule has 6 aromatic rings. The summed E-state index contributed by atoms with van der Waals surface area (Å²) in [5, 5.41) is 38.7. The molecule has 2 saturated carbocycles. The van der Waals surface area contributed by atoms with E-state index in [4.69, 9.17) is 14.6 Å². The van der Waals surface area contributed by atoms with Crippen molar-refractivity contribution in [1.29, 1.82) is 0 Å². The summed E-state index contributed by atoms with van der Waals surface area (Å²) in [5.74, 6) is 0.541. The second-order valence-electron chi connectivity index (χ2n) is 24.2. The van der Waals surface area contributed by atoms with E-state index in [2.05, 4.69) is 52.7 Å². The number of ketones is 2. The smallest absolute Gasteiger partial charge is 0.335 e. The van der Waals surface area contributed by atoms with Gasteiger partial charge in [-0.05, 0) is 159 Å². The standard InChI is InChI=1S/C33H40N4O6S.C33H39N3O4.H4N2O2S/c1-43-26-10-12-27-24(19-26)18-25(30(38)8-5-13-35-14-16-36(17-15-35)44(34,41)42)21-37-29-20-23(33(39)40)9-11-28(29)31(32(27)37)22-6-3-2-4-7-22;1-40-26-10-12-27-24(19-26)18-25(30(37)8-5-15-35-16-13-34-14-17-35)21-36-29-20-23(33(38)39)9-11-28(29)31(32(27)36)22-6-3-2-4-7-22;1-5(2,3)4/h9-12,18-20,22H,2-8,13-17,21H2,1H3,(H,39,40)(H2,34,41,42);9-12,18-20,22,34H,2-8,13-17,21H2,1H3,(H,38,39);(H4,1,2,3,4). The van der Waals surface area contributed by atoms with Crippen LogP contribution < -0.4 is 30.2 Å². The van der Waals surface area contributed by atoms with Crippen LogP contribution in [0.2, 0.25) is 0 Å². The number of ether oxygens (including phenoxy) is 2. The summed E-state index contributed by atoms with van der Waals surface area (Å²) in [6, 6.07) is 23.0. The SMILES string of the molecule is COc1ccc2c(c1)C=C(C(=O)CCCN1CCN(S(N)(=O)=O)CC1)Cn1c-2c(C2CCCCC2)c2ccc(C(=O)O)cc21.COc1ccc2c(c1)C=C(C(=O)CCCN1CCNCC1)Cn1c-2c(C2CCCCC2)c2ccc(C(=O)O)cc21.NS(N)(=O)=O. The molecule has 2 saturated heterocycles. The van der Waals surface area contributed by atoms with E-state index in [9.17, 15) is 46.2 Å². The molecule has 4 aromatic carbocycles. The number of allylic oxidation sites excluding steroid dienone is 2. The number of aromatic carboxylic acids is 2. The van der Waals surface area contributed by atoms with Gasteiger partial charge in [-0.2, -0.15) is 21.1 Å². The summed E-state index contributed by atoms with van der Waals surface area (Å²) in [6.45, 7) is 8.32. The number of fused-ring (bicyclic) bond motifs is 10. The first kappa shape index (κ1) is 64.9. The lowest BCUT2D eigenvalue weighted by Crippen LogP contribution is -2.50. The van der Waals surface area contributed by atoms with Crippen molar-refractivity contribution >= 4 is 77.9 Å². The van der Waals surface area contributed by atoms with Crippen LogP contribution in [0.3, 0.4) is 0 Å². The van der Waals surface area contributed by atoms with E-state index >= 15 is 0 Å². The number of hydrogen-bond donors (Lipinski definition) is 6. The van der Waals surface area contributed by atoms with Crippen molar-refractivity contribution in [2.75, 3.05) is 79.7 Å². The molecule has 6 heterocycles. The zero-order valence-corrected chi connectivity index (χ0v) is 52.5. The molecule has 12 rings (SSSR count). The molecule has 23 heteroatoms. The molecule has 476 valence electrons. The monoisotopic (exact) mass is 1260 g/mol. The molecular formula is C66H83N9O12S2. The summed E-state index contributed by atoms with van der Waals surface area (Å²) >= 11 is 0. The van der Waals surface area contributed by atoms with Crippen molar-refractivity contribution in [2.24, 2.45) is 15.4 Å². The van der Waals surface area contributed by atoms with Gasteiger partial charge in [-0.25, -0.2) is 25.0 Å². The third-order valence-corrected chi connectivity index (χ3v) is 19.5. The first-order valence-electron chi connectivity index (χ1n) is 31.0. The van der Waals surface area contributed by atoms with Gasteiger partial charge in [0.2, 0.25) is 0 Å². The van der Waals surface area contributed by atoms with Crippen molar-refractivity contribution in [1.82, 2.24) is 28.6 Å². The molecule has 21 nitrogen and oxygen atoms in total. The highest BCUT2D eigenvalue weighted by Crippen LogP contribution is 2.49. The number of carboxylic acid groups (broad SMARTS) is 2. The number of benzene rings is 4. The highest BCUT2D eigenvalue weighted by Gasteiger charge is 2.33. The van der Waals surface area contributed by atoms with E-state index in [1.165, 1.54) is 54.0 Å². The lowest BCUT2D eigenvalue weighted by Gasteiger charge is -2.32. The third-order valence-electron chi connectivity index (χ3n) is 18.4. The third kappa shape index (κ3) is 15.4. The molecule has 4 fully saturated rings. The molecule has 0 amide bonds. The largest absolute Gasteiger partial charge is 0.497 e. The van der Waals surface area contributed by atoms with Crippen LogP contribution in [-0.2, 0) is 43.1 Å². The van der Waals surface area contributed by atoms with Gasteiger partial charge in [0.1, 0.15) is 11.5 Å². The molecule has 6 aliphatic rings. The van der Waals surface area contributed by atoms with Crippen LogP contribution in [0.1, 0.15) is 145 Å². The highest BCUT2D eigenvalue weighted by atomic mass is 32.2. The predicted octanol–water partition coefficient (Wildman–Crippen LogP) is 8.49. The van der Waals surface area contributed by atoms with Gasteiger partial charge in [-0.15, -0.1) is 0 Å². The van der Waals surface area contributed by atoms with Gasteiger partial charge in [0.15, 0.2) is 11.6 Å². The number of methoxy groups -OCH3 is 2. The molecule has 89 heavy (non-hydrogen) atoms. The summed E-state index contributed by atoms with van der Waals surface area (Å²) in [4.78, 5) is 56.2. The maximum Gasteiger partial charge on any atom is 0.335 e. The molecule has 0 atom stereocenters. The van der Waals surface area contributed by atoms with E-state index in [1.807, 2.05) is 42.5 Å². The number of nitrogens with one attached hydrogen (secondary N) is 1. The minimum Gasteiger partial charge on any atom is -0.497 e. The van der Waals surface area contributed by atoms with Crippen LogP contribution in [0.25, 0.3) is 56.5 Å². The Labute approximate surface area is 520 Å². The second kappa shape index (κ2) is 28.4. The normalized spacial score (nSPS) is 17.9. The number of aromatic nitrogens is 2. The highest BCUT2D eigenvalue weighted by molar-refractivity contribution is 7.87. The van der Waals surface area contributed by atoms with Gasteiger partial charge in [-0.1, -0.05) is 50.7 Å². The Morgan fingerprint density at radius 2 is 0.955 bits per heavy atom. The maximum absolute atomic E-state index is 13.8. The van der Waals surface area contributed by atoms with E-state index in [0.717, 1.165) is 132 Å². The first-order valence-corrected chi connectivity index (χ1v) is 34.2. The Kier molecular flexibility index (Phi) is 20.7. The van der Waals surface area contributed by atoms with Crippen molar-refractivity contribution < 1.29 is 55.7 Å². The summed E-state index contributed by atoms with van der Waals surface area (Å²) in [7, 11) is -4.05. The maximum atomic E-state index is 13.8. The molecule has 0 unspecified atom stereocenters. The molecule has 0 bridgehead atoms. The summed E-state index contributed by atoms with van der Waals surface area (Å²) in [6.07, 6.45) is 18.0. The molecule has 2 aliphatic carbocycles. The van der Waals surface area contributed by atoms with Crippen LogP contribution in [0, 0.1) is 0 Å². The van der Waals surface area contributed by atoms with Crippen LogP contribution >= 0.6 is 0 Å². The van der Waals surface area contributed by atoms with Gasteiger partial charge >= 0.3 is 11.9 Å². The fraction of sp³-hybridized carbons (Fsp3) is 0.455. The van der Waals surface area contributed by atoms with Gasteiger partial charge in [0.25, 0.3) is 20.4 Å². The molecule has 9 N–H and O–H groups in total. The lowest BCUT2D eigenvalue weighted by molar-refractivity contribution is -0.116. The number of hydrogen-bond acceptors (Lipinski definition) is 13. The number of carbonyl (C=O) groups excluding carboxylic acids is 2. The van der Waals surface area contributed by atoms with E-state index in [1.54, 1.807) is 38.5 Å². The zero-order valence-electron chi connectivity index (χ0n) is 50.9. The number of nitrogens with two attached hydrogens (primary N) is 3. The lowest BCUT2D eigenvalue weighted by atomic mass is 9.81. The molecular weight excluding hydrogens is 1170 g/mol. The van der Waals surface area contributed by atoms with Gasteiger partial charge in [-0.3, -0.25) is 9.59 Å². The Morgan fingerprint density at radius 3 is 1.34 bits per heavy atom. The number of piperazine rings is 2. The Bertz CT molecular complexity index is 3930. The van der Waals surface area contributed by atoms with E-state index in [-0.39, 0.29) is 22.7 Å². The fourth-order valence-corrected chi connectivity index (χ4v) is 14.7. The fourth-order valence-electron chi connectivity index (χ4n) is 14.1. The Hall–Kier alpha value is -7.06. The summed E-state index contributed by atoms with van der Waals surface area (Å²) < 4.78 is 58.5. The van der Waals surface area contributed by atoms with E-state index < -0.39 is 32.4 Å². The minimum absolute atomic E-state index is 0.0465. The van der Waals surface area contributed by atoms with Crippen LogP contribution in [0.15, 0.2) is 83.9 Å². The van der Waals surface area contributed by atoms with Gasteiger partial charge in [0.05, 0.1) is 49.8 Å². The average Bonchev–Trinajstić information content (AvgIpc) is 1.68. The number of nitrogens with zero attached hydrogens (tertiary/aromatic N) is 5. The first-order chi connectivity index (χ1) is 42.7. The van der Waals surface area contributed by atoms with Crippen LogP contribution in [-0.4, -0.2) is 153 Å². The topological polar surface area (TPSA) is 305 Å². The van der Waals surface area contributed by atoms with E-state index in [0.29, 0.717) is 88.2 Å². The second-order valence-corrected chi connectivity index (χ2v) is 26.9. The zero-order chi connectivity index (χ0) is 63.1. The van der Waals surface area contributed by atoms with Gasteiger partial charge < -0.3 is 43.9 Å². The minimum atomic E-state index is -3.68. The number of carboxylic acids is 2. The van der Waals surface area contributed by atoms with Crippen molar-refractivity contribution in [3.8, 4) is 34.0 Å². The van der Waals surface area contributed by atoms with Crippen molar-refractivity contribution in [3.05, 3.63) is 117 Å². The van der Waals surface area contributed by atoms with Crippen LogP contribution in [0.5, 0.6) is 11.5 Å². The quantitative estimate of drug-likeness (QED) is 0.0499. The number of rotatable bonds is 17. The number of Topliss-reactive ketones (excluding diaryl/α,β-unsaturated/α-hetero) is 2. The molecule has 0 radical (unpaired) electrons. The molecule has 2 aromatic heterocycles.